The van der Waals surface area contributed by atoms with Gasteiger partial charge in [-0.2, -0.15) is 5.10 Å². The molecule has 0 atom stereocenters. The van der Waals surface area contributed by atoms with Crippen molar-refractivity contribution in [1.29, 1.82) is 0 Å². The van der Waals surface area contributed by atoms with Gasteiger partial charge in [0.15, 0.2) is 5.13 Å². The molecule has 29 heavy (non-hydrogen) atoms. The first-order valence-corrected chi connectivity index (χ1v) is 11.1. The maximum atomic E-state index is 12.7. The molecule has 0 unspecified atom stereocenters. The van der Waals surface area contributed by atoms with Crippen molar-refractivity contribution >= 4 is 51.4 Å². The number of thioether (sulfide) groups is 1. The van der Waals surface area contributed by atoms with Gasteiger partial charge in [-0.25, -0.2) is 9.99 Å². The van der Waals surface area contributed by atoms with Crippen molar-refractivity contribution in [3.05, 3.63) is 60.0 Å². The Hall–Kier alpha value is -2.97. The number of hydrogen-bond donors (Lipinski definition) is 1. The fourth-order valence-electron chi connectivity index (χ4n) is 2.88. The fourth-order valence-corrected chi connectivity index (χ4v) is 4.01. The summed E-state index contributed by atoms with van der Waals surface area (Å²) in [6, 6.07) is 17.2. The first-order chi connectivity index (χ1) is 14.1. The normalized spacial score (nSPS) is 13.9. The summed E-state index contributed by atoms with van der Waals surface area (Å²) in [6.45, 7) is 0. The summed E-state index contributed by atoms with van der Waals surface area (Å²) in [4.78, 5) is 30.6. The molecular formula is C21H18N4O2S2. The van der Waals surface area contributed by atoms with Crippen molar-refractivity contribution in [1.82, 2.24) is 4.98 Å². The Labute approximate surface area is 176 Å². The zero-order valence-corrected chi connectivity index (χ0v) is 17.3. The minimum atomic E-state index is -0.336. The summed E-state index contributed by atoms with van der Waals surface area (Å²) in [5.74, 6) is -0.463. The molecule has 146 valence electrons. The van der Waals surface area contributed by atoms with Gasteiger partial charge in [-0.05, 0) is 30.5 Å². The predicted molar refractivity (Wildman–Crippen MR) is 119 cm³/mol. The highest BCUT2D eigenvalue weighted by atomic mass is 32.2. The van der Waals surface area contributed by atoms with Gasteiger partial charge in [-0.1, -0.05) is 30.3 Å². The number of carbonyl (C=O) groups excluding carboxylic acids is 2. The molecular weight excluding hydrogens is 404 g/mol. The Kier molecular flexibility index (Phi) is 5.73. The van der Waals surface area contributed by atoms with Crippen molar-refractivity contribution in [2.45, 2.75) is 17.7 Å². The van der Waals surface area contributed by atoms with Crippen LogP contribution in [0.25, 0.3) is 11.3 Å². The van der Waals surface area contributed by atoms with E-state index in [1.54, 1.807) is 23.9 Å². The quantitative estimate of drug-likeness (QED) is 0.607. The maximum absolute atomic E-state index is 12.7. The second-order valence-electron chi connectivity index (χ2n) is 6.31. The minimum absolute atomic E-state index is 0.127. The molecule has 0 fully saturated rings. The van der Waals surface area contributed by atoms with Crippen LogP contribution in [0.5, 0.6) is 0 Å². The molecule has 1 N–H and O–H groups in total. The molecule has 2 aromatic carbocycles. The van der Waals surface area contributed by atoms with Crippen LogP contribution in [0, 0.1) is 0 Å². The van der Waals surface area contributed by atoms with E-state index in [1.165, 1.54) is 21.2 Å². The van der Waals surface area contributed by atoms with E-state index in [0.717, 1.165) is 11.3 Å². The number of amides is 2. The number of rotatable bonds is 5. The number of carbonyl (C=O) groups is 2. The molecule has 3 aromatic rings. The monoisotopic (exact) mass is 422 g/mol. The van der Waals surface area contributed by atoms with E-state index in [2.05, 4.69) is 15.4 Å². The molecule has 0 bridgehead atoms. The number of aromatic nitrogens is 1. The van der Waals surface area contributed by atoms with E-state index in [-0.39, 0.29) is 18.2 Å². The number of benzene rings is 2. The lowest BCUT2D eigenvalue weighted by molar-refractivity contribution is -0.118. The number of hydrazone groups is 1. The summed E-state index contributed by atoms with van der Waals surface area (Å²) in [6.07, 6.45) is 2.58. The van der Waals surface area contributed by atoms with Crippen LogP contribution >= 0.6 is 23.1 Å². The number of nitrogens with zero attached hydrogens (tertiary/aromatic N) is 3. The Balaban J connectivity index is 1.49. The number of nitrogens with one attached hydrogen (secondary N) is 1. The van der Waals surface area contributed by atoms with Crippen LogP contribution in [0.4, 0.5) is 10.8 Å². The van der Waals surface area contributed by atoms with Crippen LogP contribution in [0.3, 0.4) is 0 Å². The molecule has 0 aliphatic carbocycles. The molecule has 2 heterocycles. The molecule has 8 heteroatoms. The molecule has 0 saturated carbocycles. The minimum Gasteiger partial charge on any atom is -0.297 e. The van der Waals surface area contributed by atoms with E-state index in [4.69, 9.17) is 0 Å². The number of hydrogen-bond acceptors (Lipinski definition) is 6. The summed E-state index contributed by atoms with van der Waals surface area (Å²) in [5.41, 5.74) is 2.77. The van der Waals surface area contributed by atoms with E-state index < -0.39 is 0 Å². The second kappa shape index (κ2) is 8.59. The number of thiazole rings is 1. The summed E-state index contributed by atoms with van der Waals surface area (Å²) in [5, 5.41) is 10.8. The van der Waals surface area contributed by atoms with Gasteiger partial charge in [0.1, 0.15) is 5.71 Å². The molecule has 1 aromatic heterocycles. The van der Waals surface area contributed by atoms with Gasteiger partial charge in [-0.3, -0.25) is 14.9 Å². The van der Waals surface area contributed by atoms with Crippen molar-refractivity contribution in [3.8, 4) is 11.3 Å². The van der Waals surface area contributed by atoms with Crippen LogP contribution in [0.15, 0.2) is 70.0 Å². The highest BCUT2D eigenvalue weighted by Crippen LogP contribution is 2.27. The van der Waals surface area contributed by atoms with Crippen molar-refractivity contribution < 1.29 is 9.59 Å². The lowest BCUT2D eigenvalue weighted by atomic mass is 10.1. The maximum Gasteiger partial charge on any atom is 0.273 e. The van der Waals surface area contributed by atoms with E-state index in [0.29, 0.717) is 23.0 Å². The molecule has 2 amide bonds. The molecule has 1 aliphatic rings. The topological polar surface area (TPSA) is 74.7 Å². The third kappa shape index (κ3) is 4.38. The van der Waals surface area contributed by atoms with Gasteiger partial charge in [0.25, 0.3) is 5.91 Å². The second-order valence-corrected chi connectivity index (χ2v) is 8.05. The van der Waals surface area contributed by atoms with E-state index >= 15 is 0 Å². The molecule has 0 spiro atoms. The average Bonchev–Trinajstić information content (AvgIpc) is 3.23. The number of anilines is 2. The largest absolute Gasteiger partial charge is 0.297 e. The van der Waals surface area contributed by atoms with Crippen molar-refractivity contribution in [2.75, 3.05) is 16.6 Å². The lowest BCUT2D eigenvalue weighted by Gasteiger charge is -2.22. The highest BCUT2D eigenvalue weighted by Gasteiger charge is 2.26. The standard InChI is InChI=1S/C21H18N4O2S2/c1-28-16-9-7-14(8-10-16)18-13-29-21(22-18)23-20(27)17-11-12-19(26)25(24-17)15-5-3-2-4-6-15/h2-10,13H,11-12H2,1H3,(H,22,23,27). The first kappa shape index (κ1) is 19.4. The molecule has 4 rings (SSSR count). The smallest absolute Gasteiger partial charge is 0.273 e. The Morgan fingerprint density at radius 1 is 1.10 bits per heavy atom. The molecule has 6 nitrogen and oxygen atoms in total. The SMILES string of the molecule is CSc1ccc(-c2csc(NC(=O)C3=NN(c4ccccc4)C(=O)CC3)n2)cc1. The Morgan fingerprint density at radius 3 is 2.59 bits per heavy atom. The van der Waals surface area contributed by atoms with Gasteiger partial charge >= 0.3 is 0 Å². The van der Waals surface area contributed by atoms with Crippen LogP contribution in [0.1, 0.15) is 12.8 Å². The number of para-hydroxylation sites is 1. The van der Waals surface area contributed by atoms with Crippen LogP contribution in [-0.4, -0.2) is 28.8 Å². The molecule has 0 saturated heterocycles. The van der Waals surface area contributed by atoms with Crippen LogP contribution in [-0.2, 0) is 9.59 Å². The lowest BCUT2D eigenvalue weighted by Crippen LogP contribution is -2.36. The van der Waals surface area contributed by atoms with Gasteiger partial charge in [0.05, 0.1) is 11.4 Å². The zero-order chi connectivity index (χ0) is 20.2. The summed E-state index contributed by atoms with van der Waals surface area (Å²) >= 11 is 3.05. The molecule has 0 radical (unpaired) electrons. The van der Waals surface area contributed by atoms with Crippen LogP contribution < -0.4 is 10.3 Å². The zero-order valence-electron chi connectivity index (χ0n) is 15.7. The highest BCUT2D eigenvalue weighted by molar-refractivity contribution is 7.98. The fraction of sp³-hybridized carbons (Fsp3) is 0.143. The van der Waals surface area contributed by atoms with Gasteiger partial charge in [0, 0.05) is 28.7 Å². The Bertz CT molecular complexity index is 1060. The van der Waals surface area contributed by atoms with Crippen LogP contribution in [0.2, 0.25) is 0 Å². The molecule has 1 aliphatic heterocycles. The third-order valence-corrected chi connectivity index (χ3v) is 5.91. The van der Waals surface area contributed by atoms with E-state index in [9.17, 15) is 9.59 Å². The third-order valence-electron chi connectivity index (χ3n) is 4.41. The summed E-state index contributed by atoms with van der Waals surface area (Å²) in [7, 11) is 0. The van der Waals surface area contributed by atoms with Gasteiger partial charge in [-0.15, -0.1) is 23.1 Å². The van der Waals surface area contributed by atoms with Crippen molar-refractivity contribution in [3.63, 3.8) is 0 Å². The van der Waals surface area contributed by atoms with Crippen molar-refractivity contribution in [2.24, 2.45) is 5.10 Å². The van der Waals surface area contributed by atoms with Gasteiger partial charge < -0.3 is 0 Å². The van der Waals surface area contributed by atoms with Gasteiger partial charge in [0.2, 0.25) is 5.91 Å². The Morgan fingerprint density at radius 2 is 1.86 bits per heavy atom. The first-order valence-electron chi connectivity index (χ1n) is 9.01. The summed E-state index contributed by atoms with van der Waals surface area (Å²) < 4.78 is 0. The average molecular weight is 423 g/mol. The van der Waals surface area contributed by atoms with E-state index in [1.807, 2.05) is 54.1 Å². The predicted octanol–water partition coefficient (Wildman–Crippen LogP) is 4.65.